The molecule has 3 rings (SSSR count). The zero-order valence-electron chi connectivity index (χ0n) is 11.9. The summed E-state index contributed by atoms with van der Waals surface area (Å²) in [5, 5.41) is 11.8. The lowest BCUT2D eigenvalue weighted by Crippen LogP contribution is -2.14. The van der Waals surface area contributed by atoms with Gasteiger partial charge in [0.1, 0.15) is 0 Å². The van der Waals surface area contributed by atoms with Crippen molar-refractivity contribution < 1.29 is 4.42 Å². The molecule has 1 aliphatic carbocycles. The van der Waals surface area contributed by atoms with Crippen LogP contribution in [0.3, 0.4) is 0 Å². The molecular weight excluding hydrogens is 250 g/mol. The molecule has 4 nitrogen and oxygen atoms in total. The van der Waals surface area contributed by atoms with Crippen molar-refractivity contribution in [3.05, 3.63) is 47.7 Å². The van der Waals surface area contributed by atoms with E-state index in [0.717, 1.165) is 50.6 Å². The molecule has 0 amide bonds. The Kier molecular flexibility index (Phi) is 3.83. The second-order valence-corrected chi connectivity index (χ2v) is 5.41. The summed E-state index contributed by atoms with van der Waals surface area (Å²) in [6.45, 7) is 4.12. The van der Waals surface area contributed by atoms with Gasteiger partial charge in [-0.2, -0.15) is 0 Å². The fourth-order valence-electron chi connectivity index (χ4n) is 2.60. The van der Waals surface area contributed by atoms with Gasteiger partial charge in [0.05, 0.1) is 5.41 Å². The summed E-state index contributed by atoms with van der Waals surface area (Å²) in [6, 6.07) is 10.5. The van der Waals surface area contributed by atoms with Crippen LogP contribution in [-0.2, 0) is 11.8 Å². The van der Waals surface area contributed by atoms with E-state index in [1.807, 2.05) is 6.07 Å². The van der Waals surface area contributed by atoms with Crippen molar-refractivity contribution in [2.24, 2.45) is 0 Å². The molecule has 0 radical (unpaired) electrons. The van der Waals surface area contributed by atoms with Crippen molar-refractivity contribution in [1.29, 1.82) is 0 Å². The zero-order chi connectivity index (χ0) is 13.8. The van der Waals surface area contributed by atoms with E-state index in [1.54, 1.807) is 0 Å². The highest BCUT2D eigenvalue weighted by Crippen LogP contribution is 2.52. The fourth-order valence-corrected chi connectivity index (χ4v) is 2.60. The molecule has 2 aromatic rings. The average molecular weight is 271 g/mol. The van der Waals surface area contributed by atoms with Gasteiger partial charge >= 0.3 is 0 Å². The third-order valence-electron chi connectivity index (χ3n) is 3.95. The summed E-state index contributed by atoms with van der Waals surface area (Å²) in [5.41, 5.74) is 1.29. The van der Waals surface area contributed by atoms with E-state index in [9.17, 15) is 0 Å². The van der Waals surface area contributed by atoms with E-state index < -0.39 is 0 Å². The molecular formula is C16H21N3O. The molecule has 1 fully saturated rings. The summed E-state index contributed by atoms with van der Waals surface area (Å²) >= 11 is 0. The Morgan fingerprint density at radius 2 is 2.00 bits per heavy atom. The third-order valence-corrected chi connectivity index (χ3v) is 3.95. The van der Waals surface area contributed by atoms with Crippen LogP contribution in [0.25, 0.3) is 0 Å². The molecule has 106 valence electrons. The highest BCUT2D eigenvalue weighted by atomic mass is 16.4. The first-order valence-corrected chi connectivity index (χ1v) is 7.44. The SMILES string of the molecule is CCNCCCc1nnc(C2(c3ccccc3)CC2)o1. The second kappa shape index (κ2) is 5.75. The lowest BCUT2D eigenvalue weighted by molar-refractivity contribution is 0.420. The van der Waals surface area contributed by atoms with E-state index in [4.69, 9.17) is 4.42 Å². The van der Waals surface area contributed by atoms with Crippen LogP contribution in [0.2, 0.25) is 0 Å². The topological polar surface area (TPSA) is 51.0 Å². The molecule has 20 heavy (non-hydrogen) atoms. The van der Waals surface area contributed by atoms with Gasteiger partial charge in [-0.05, 0) is 37.9 Å². The molecule has 0 unspecified atom stereocenters. The number of nitrogens with zero attached hydrogens (tertiary/aromatic N) is 2. The van der Waals surface area contributed by atoms with Gasteiger partial charge in [0, 0.05) is 6.42 Å². The van der Waals surface area contributed by atoms with Crippen molar-refractivity contribution in [2.75, 3.05) is 13.1 Å². The normalized spacial score (nSPS) is 16.2. The van der Waals surface area contributed by atoms with Gasteiger partial charge in [-0.25, -0.2) is 0 Å². The minimum absolute atomic E-state index is 0.00578. The summed E-state index contributed by atoms with van der Waals surface area (Å²) in [5.74, 6) is 1.56. The van der Waals surface area contributed by atoms with Gasteiger partial charge in [0.25, 0.3) is 0 Å². The van der Waals surface area contributed by atoms with Gasteiger partial charge < -0.3 is 9.73 Å². The Morgan fingerprint density at radius 3 is 2.70 bits per heavy atom. The molecule has 0 atom stereocenters. The predicted molar refractivity (Wildman–Crippen MR) is 77.6 cm³/mol. The predicted octanol–water partition coefficient (Wildman–Crippen LogP) is 2.69. The first-order chi connectivity index (χ1) is 9.85. The third kappa shape index (κ3) is 2.61. The van der Waals surface area contributed by atoms with Gasteiger partial charge in [-0.3, -0.25) is 0 Å². The Hall–Kier alpha value is -1.68. The molecule has 0 aliphatic heterocycles. The number of hydrogen-bond donors (Lipinski definition) is 1. The van der Waals surface area contributed by atoms with Crippen LogP contribution in [-0.4, -0.2) is 23.3 Å². The van der Waals surface area contributed by atoms with E-state index in [2.05, 4.69) is 46.7 Å². The zero-order valence-corrected chi connectivity index (χ0v) is 11.9. The number of nitrogens with one attached hydrogen (secondary N) is 1. The minimum Gasteiger partial charge on any atom is -0.424 e. The summed E-state index contributed by atoms with van der Waals surface area (Å²) < 4.78 is 5.90. The standard InChI is InChI=1S/C16H21N3O/c1-2-17-12-6-9-14-18-19-15(20-14)16(10-11-16)13-7-4-3-5-8-13/h3-5,7-8,17H,2,6,9-12H2,1H3. The molecule has 1 N–H and O–H groups in total. The maximum absolute atomic E-state index is 5.90. The van der Waals surface area contributed by atoms with Crippen LogP contribution >= 0.6 is 0 Å². The smallest absolute Gasteiger partial charge is 0.227 e. The molecule has 1 aromatic heterocycles. The Bertz CT molecular complexity index is 546. The summed E-state index contributed by atoms with van der Waals surface area (Å²) in [4.78, 5) is 0. The molecule has 1 heterocycles. The van der Waals surface area contributed by atoms with E-state index >= 15 is 0 Å². The van der Waals surface area contributed by atoms with Crippen molar-refractivity contribution in [3.63, 3.8) is 0 Å². The maximum atomic E-state index is 5.90. The molecule has 0 saturated heterocycles. The monoisotopic (exact) mass is 271 g/mol. The number of aromatic nitrogens is 2. The highest BCUT2D eigenvalue weighted by molar-refractivity contribution is 5.37. The number of aryl methyl sites for hydroxylation is 1. The van der Waals surface area contributed by atoms with Crippen LogP contribution in [0, 0.1) is 0 Å². The largest absolute Gasteiger partial charge is 0.424 e. The van der Waals surface area contributed by atoms with Crippen molar-refractivity contribution in [3.8, 4) is 0 Å². The maximum Gasteiger partial charge on any atom is 0.227 e. The van der Waals surface area contributed by atoms with Crippen molar-refractivity contribution in [2.45, 2.75) is 38.0 Å². The van der Waals surface area contributed by atoms with E-state index in [-0.39, 0.29) is 5.41 Å². The first kappa shape index (κ1) is 13.3. The van der Waals surface area contributed by atoms with Gasteiger partial charge in [0.15, 0.2) is 0 Å². The van der Waals surface area contributed by atoms with Crippen LogP contribution in [0.15, 0.2) is 34.7 Å². The van der Waals surface area contributed by atoms with Gasteiger partial charge in [-0.15, -0.1) is 10.2 Å². The lowest BCUT2D eigenvalue weighted by atomic mass is 9.96. The van der Waals surface area contributed by atoms with Crippen LogP contribution in [0.1, 0.15) is 43.5 Å². The Morgan fingerprint density at radius 1 is 1.20 bits per heavy atom. The van der Waals surface area contributed by atoms with Crippen LogP contribution in [0.4, 0.5) is 0 Å². The van der Waals surface area contributed by atoms with Crippen LogP contribution in [0.5, 0.6) is 0 Å². The first-order valence-electron chi connectivity index (χ1n) is 7.44. The summed E-state index contributed by atoms with van der Waals surface area (Å²) in [7, 11) is 0. The second-order valence-electron chi connectivity index (χ2n) is 5.41. The van der Waals surface area contributed by atoms with Crippen molar-refractivity contribution >= 4 is 0 Å². The summed E-state index contributed by atoms with van der Waals surface area (Å²) in [6.07, 6.45) is 4.10. The van der Waals surface area contributed by atoms with Gasteiger partial charge in [0.2, 0.25) is 11.8 Å². The molecule has 1 saturated carbocycles. The fraction of sp³-hybridized carbons (Fsp3) is 0.500. The number of benzene rings is 1. The van der Waals surface area contributed by atoms with Crippen molar-refractivity contribution in [1.82, 2.24) is 15.5 Å². The highest BCUT2D eigenvalue weighted by Gasteiger charge is 2.50. The lowest BCUT2D eigenvalue weighted by Gasteiger charge is -2.10. The van der Waals surface area contributed by atoms with Crippen LogP contribution < -0.4 is 5.32 Å². The van der Waals surface area contributed by atoms with E-state index in [1.165, 1.54) is 5.56 Å². The molecule has 0 bridgehead atoms. The quantitative estimate of drug-likeness (QED) is 0.787. The Balaban J connectivity index is 1.68. The minimum atomic E-state index is -0.00578. The molecule has 1 aliphatic rings. The molecule has 1 aromatic carbocycles. The molecule has 0 spiro atoms. The number of hydrogen-bond acceptors (Lipinski definition) is 4. The Labute approximate surface area is 119 Å². The van der Waals surface area contributed by atoms with E-state index in [0.29, 0.717) is 0 Å². The average Bonchev–Trinajstić information content (AvgIpc) is 3.18. The van der Waals surface area contributed by atoms with Gasteiger partial charge in [-0.1, -0.05) is 37.3 Å². The molecule has 4 heteroatoms. The number of rotatable bonds is 7.